The predicted octanol–water partition coefficient (Wildman–Crippen LogP) is 5.48. The minimum absolute atomic E-state index is 0.316. The van der Waals surface area contributed by atoms with Crippen LogP contribution < -0.4 is 5.32 Å². The van der Waals surface area contributed by atoms with Gasteiger partial charge in [0.15, 0.2) is 0 Å². The quantitative estimate of drug-likeness (QED) is 0.771. The van der Waals surface area contributed by atoms with Gasteiger partial charge in [0.1, 0.15) is 5.82 Å². The average molecular weight is 335 g/mol. The topological polar surface area (TPSA) is 12.0 Å². The largest absolute Gasteiger partial charge is 0.383 e. The lowest BCUT2D eigenvalue weighted by Crippen LogP contribution is -2.20. The second-order valence-corrected chi connectivity index (χ2v) is 6.51. The molecule has 0 heterocycles. The molecule has 0 unspecified atom stereocenters. The highest BCUT2D eigenvalue weighted by atomic mass is 79.9. The van der Waals surface area contributed by atoms with Crippen LogP contribution in [0.15, 0.2) is 16.6 Å². The van der Waals surface area contributed by atoms with Crippen LogP contribution in [0.5, 0.6) is 0 Å². The number of nitrogens with one attached hydrogen (secondary N) is 1. The van der Waals surface area contributed by atoms with Gasteiger partial charge in [-0.3, -0.25) is 0 Å². The molecule has 0 aromatic heterocycles. The smallest absolute Gasteiger partial charge is 0.125 e. The summed E-state index contributed by atoms with van der Waals surface area (Å²) in [7, 11) is 0. The Bertz CT molecular complexity index is 393. The summed E-state index contributed by atoms with van der Waals surface area (Å²) in [5.74, 6) is 1.25. The van der Waals surface area contributed by atoms with Crippen LogP contribution in [-0.2, 0) is 0 Å². The van der Waals surface area contributed by atoms with Crippen LogP contribution in [0.3, 0.4) is 0 Å². The van der Waals surface area contributed by atoms with Gasteiger partial charge in [-0.2, -0.15) is 0 Å². The monoisotopic (exact) mass is 333 g/mol. The molecule has 2 rings (SSSR count). The molecule has 1 N–H and O–H groups in total. The van der Waals surface area contributed by atoms with E-state index in [-0.39, 0.29) is 5.82 Å². The van der Waals surface area contributed by atoms with E-state index in [0.717, 1.165) is 18.2 Å². The molecule has 1 aliphatic carbocycles. The Morgan fingerprint density at radius 3 is 2.61 bits per heavy atom. The lowest BCUT2D eigenvalue weighted by atomic mass is 9.83. The number of benzene rings is 1. The van der Waals surface area contributed by atoms with Gasteiger partial charge < -0.3 is 5.32 Å². The lowest BCUT2D eigenvalue weighted by molar-refractivity contribution is 0.300. The normalized spacial score (nSPS) is 24.0. The van der Waals surface area contributed by atoms with Gasteiger partial charge in [0, 0.05) is 11.0 Å². The van der Waals surface area contributed by atoms with Crippen LogP contribution >= 0.6 is 27.5 Å². The van der Waals surface area contributed by atoms with Crippen molar-refractivity contribution in [1.29, 1.82) is 0 Å². The van der Waals surface area contributed by atoms with E-state index in [2.05, 4.69) is 28.2 Å². The summed E-state index contributed by atoms with van der Waals surface area (Å²) in [6.07, 6.45) is 5.16. The zero-order chi connectivity index (χ0) is 13.1. The van der Waals surface area contributed by atoms with Crippen molar-refractivity contribution in [2.45, 2.75) is 32.6 Å². The van der Waals surface area contributed by atoms with E-state index in [4.69, 9.17) is 11.6 Å². The van der Waals surface area contributed by atoms with Crippen LogP contribution in [0.1, 0.15) is 32.6 Å². The average Bonchev–Trinajstić information content (AvgIpc) is 2.30. The minimum Gasteiger partial charge on any atom is -0.383 e. The van der Waals surface area contributed by atoms with E-state index >= 15 is 0 Å². The van der Waals surface area contributed by atoms with E-state index in [9.17, 15) is 4.39 Å². The van der Waals surface area contributed by atoms with E-state index in [0.29, 0.717) is 15.4 Å². The number of anilines is 1. The van der Waals surface area contributed by atoms with Crippen LogP contribution in [0.4, 0.5) is 10.1 Å². The maximum Gasteiger partial charge on any atom is 0.125 e. The molecule has 1 saturated carbocycles. The van der Waals surface area contributed by atoms with Crippen molar-refractivity contribution < 1.29 is 4.39 Å². The van der Waals surface area contributed by atoms with Crippen LogP contribution in [0.25, 0.3) is 0 Å². The maximum atomic E-state index is 13.1. The molecule has 0 bridgehead atoms. The molecular formula is C14H18BrClFN. The molecule has 0 spiro atoms. The molecule has 1 nitrogen and oxygen atoms in total. The zero-order valence-corrected chi connectivity index (χ0v) is 12.8. The Balaban J connectivity index is 1.94. The molecular weight excluding hydrogens is 317 g/mol. The first-order valence-electron chi connectivity index (χ1n) is 6.44. The first kappa shape index (κ1) is 14.1. The molecule has 0 atom stereocenters. The summed E-state index contributed by atoms with van der Waals surface area (Å²) in [6.45, 7) is 3.23. The third kappa shape index (κ3) is 3.61. The Morgan fingerprint density at radius 2 is 2.00 bits per heavy atom. The van der Waals surface area contributed by atoms with Crippen LogP contribution in [0.2, 0.25) is 5.02 Å². The fourth-order valence-electron chi connectivity index (χ4n) is 2.49. The Hall–Kier alpha value is -0.280. The Kier molecular flexibility index (Phi) is 4.91. The number of hydrogen-bond donors (Lipinski definition) is 1. The fourth-order valence-corrected chi connectivity index (χ4v) is 3.45. The van der Waals surface area contributed by atoms with Crippen molar-refractivity contribution in [3.8, 4) is 0 Å². The minimum atomic E-state index is -0.316. The zero-order valence-electron chi connectivity index (χ0n) is 10.5. The standard InChI is InChI=1S/C14H18BrClFN/c1-9-2-4-10(5-3-9)8-18-14-12(15)6-11(17)7-13(14)16/h6-7,9-10,18H,2-5,8H2,1H3. The summed E-state index contributed by atoms with van der Waals surface area (Å²) in [4.78, 5) is 0. The highest BCUT2D eigenvalue weighted by Gasteiger charge is 2.18. The van der Waals surface area contributed by atoms with Gasteiger partial charge in [0.05, 0.1) is 10.7 Å². The second-order valence-electron chi connectivity index (χ2n) is 5.25. The molecule has 18 heavy (non-hydrogen) atoms. The summed E-state index contributed by atoms with van der Waals surface area (Å²) >= 11 is 9.39. The van der Waals surface area contributed by atoms with Crippen LogP contribution in [0, 0.1) is 17.7 Å². The summed E-state index contributed by atoms with van der Waals surface area (Å²) in [5, 5.41) is 3.78. The van der Waals surface area contributed by atoms with Crippen molar-refractivity contribution in [2.75, 3.05) is 11.9 Å². The van der Waals surface area contributed by atoms with Crippen molar-refractivity contribution in [3.63, 3.8) is 0 Å². The molecule has 4 heteroatoms. The van der Waals surface area contributed by atoms with E-state index in [1.54, 1.807) is 0 Å². The maximum absolute atomic E-state index is 13.1. The SMILES string of the molecule is CC1CCC(CNc2c(Cl)cc(F)cc2Br)CC1. The molecule has 0 saturated heterocycles. The first-order chi connectivity index (χ1) is 8.56. The van der Waals surface area contributed by atoms with Crippen molar-refractivity contribution >= 4 is 33.2 Å². The van der Waals surface area contributed by atoms with Gasteiger partial charge in [-0.1, -0.05) is 31.4 Å². The van der Waals surface area contributed by atoms with Gasteiger partial charge >= 0.3 is 0 Å². The Labute approximate surface area is 121 Å². The first-order valence-corrected chi connectivity index (χ1v) is 7.61. The van der Waals surface area contributed by atoms with Crippen LogP contribution in [-0.4, -0.2) is 6.54 Å². The summed E-state index contributed by atoms with van der Waals surface area (Å²) in [5.41, 5.74) is 0.802. The molecule has 0 amide bonds. The van der Waals surface area contributed by atoms with Gasteiger partial charge in [-0.05, 0) is 52.7 Å². The summed E-state index contributed by atoms with van der Waals surface area (Å²) in [6, 6.07) is 2.79. The Morgan fingerprint density at radius 1 is 1.33 bits per heavy atom. The molecule has 1 aliphatic rings. The molecule has 1 fully saturated rings. The predicted molar refractivity (Wildman–Crippen MR) is 78.7 cm³/mol. The molecule has 0 radical (unpaired) electrons. The summed E-state index contributed by atoms with van der Waals surface area (Å²) < 4.78 is 13.8. The van der Waals surface area contributed by atoms with Gasteiger partial charge in [-0.15, -0.1) is 0 Å². The number of hydrogen-bond acceptors (Lipinski definition) is 1. The van der Waals surface area contributed by atoms with Gasteiger partial charge in [0.2, 0.25) is 0 Å². The van der Waals surface area contributed by atoms with Gasteiger partial charge in [-0.25, -0.2) is 4.39 Å². The molecule has 1 aromatic carbocycles. The van der Waals surface area contributed by atoms with E-state index in [1.165, 1.54) is 37.8 Å². The van der Waals surface area contributed by atoms with E-state index in [1.807, 2.05) is 0 Å². The highest BCUT2D eigenvalue weighted by molar-refractivity contribution is 9.10. The number of rotatable bonds is 3. The lowest BCUT2D eigenvalue weighted by Gasteiger charge is -2.26. The van der Waals surface area contributed by atoms with E-state index < -0.39 is 0 Å². The van der Waals surface area contributed by atoms with Gasteiger partial charge in [0.25, 0.3) is 0 Å². The van der Waals surface area contributed by atoms with Crippen molar-refractivity contribution in [2.24, 2.45) is 11.8 Å². The third-order valence-corrected chi connectivity index (χ3v) is 4.63. The van der Waals surface area contributed by atoms with Crippen molar-refractivity contribution in [3.05, 3.63) is 27.4 Å². The van der Waals surface area contributed by atoms with Crippen molar-refractivity contribution in [1.82, 2.24) is 0 Å². The second kappa shape index (κ2) is 6.25. The third-order valence-electron chi connectivity index (χ3n) is 3.71. The molecule has 1 aromatic rings. The number of halogens is 3. The molecule has 100 valence electrons. The highest BCUT2D eigenvalue weighted by Crippen LogP contribution is 2.33. The molecule has 0 aliphatic heterocycles. The fraction of sp³-hybridized carbons (Fsp3) is 0.571.